The lowest BCUT2D eigenvalue weighted by atomic mass is 9.92. The maximum atomic E-state index is 12.3. The molecule has 2 rings (SSSR count). The zero-order valence-corrected chi connectivity index (χ0v) is 14.5. The first kappa shape index (κ1) is 16.0. The van der Waals surface area contributed by atoms with Crippen LogP contribution in [-0.2, 0) is 22.7 Å². The fourth-order valence-corrected chi connectivity index (χ4v) is 3.03. The molecule has 1 aromatic rings. The molecule has 1 aromatic heterocycles. The van der Waals surface area contributed by atoms with Crippen molar-refractivity contribution in [1.29, 1.82) is 0 Å². The Balaban J connectivity index is 2.40. The number of carbonyl (C=O) groups is 2. The highest BCUT2D eigenvalue weighted by molar-refractivity contribution is 9.10. The number of aromatic nitrogens is 2. The van der Waals surface area contributed by atoms with Crippen LogP contribution in [0.5, 0.6) is 0 Å². The van der Waals surface area contributed by atoms with E-state index in [1.54, 1.807) is 4.90 Å². The molecule has 116 valence electrons. The molecule has 0 spiro atoms. The van der Waals surface area contributed by atoms with Gasteiger partial charge in [-0.25, -0.2) is 0 Å². The summed E-state index contributed by atoms with van der Waals surface area (Å²) in [6.07, 6.45) is 0.571. The largest absolute Gasteiger partial charge is 0.345 e. The number of halogens is 1. The van der Waals surface area contributed by atoms with Crippen LogP contribution in [0, 0.1) is 6.92 Å². The molecule has 1 fully saturated rings. The van der Waals surface area contributed by atoms with Gasteiger partial charge in [0.15, 0.2) is 0 Å². The monoisotopic (exact) mass is 356 g/mol. The van der Waals surface area contributed by atoms with E-state index in [4.69, 9.17) is 0 Å². The number of amides is 2. The van der Waals surface area contributed by atoms with E-state index in [-0.39, 0.29) is 18.4 Å². The second kappa shape index (κ2) is 5.79. The molecule has 1 atom stereocenters. The van der Waals surface area contributed by atoms with E-state index in [1.807, 2.05) is 32.4 Å². The van der Waals surface area contributed by atoms with Gasteiger partial charge in [-0.15, -0.1) is 0 Å². The molecule has 0 aliphatic carbocycles. The van der Waals surface area contributed by atoms with Crippen molar-refractivity contribution in [2.45, 2.75) is 52.7 Å². The molecule has 1 aliphatic rings. The van der Waals surface area contributed by atoms with E-state index < -0.39 is 5.54 Å². The van der Waals surface area contributed by atoms with Crippen LogP contribution in [0.25, 0.3) is 0 Å². The van der Waals surface area contributed by atoms with Crippen molar-refractivity contribution in [3.8, 4) is 0 Å². The molecule has 1 unspecified atom stereocenters. The van der Waals surface area contributed by atoms with E-state index >= 15 is 0 Å². The topological polar surface area (TPSA) is 67.2 Å². The first-order chi connectivity index (χ1) is 9.85. The molecule has 1 aliphatic heterocycles. The average Bonchev–Trinajstić information content (AvgIpc) is 2.74. The van der Waals surface area contributed by atoms with Gasteiger partial charge in [-0.3, -0.25) is 14.3 Å². The Kier molecular flexibility index (Phi) is 4.41. The summed E-state index contributed by atoms with van der Waals surface area (Å²) in [5.41, 5.74) is 1.00. The highest BCUT2D eigenvalue weighted by Gasteiger charge is 2.44. The van der Waals surface area contributed by atoms with Gasteiger partial charge in [0.1, 0.15) is 5.54 Å². The van der Waals surface area contributed by atoms with Gasteiger partial charge < -0.3 is 10.2 Å². The van der Waals surface area contributed by atoms with Gasteiger partial charge in [0.05, 0.1) is 29.0 Å². The fraction of sp³-hybridized carbons (Fsp3) is 0.643. The molecular weight excluding hydrogens is 336 g/mol. The van der Waals surface area contributed by atoms with Gasteiger partial charge in [0, 0.05) is 6.54 Å². The normalized spacial score (nSPS) is 22.6. The smallest absolute Gasteiger partial charge is 0.246 e. The van der Waals surface area contributed by atoms with Crippen molar-refractivity contribution >= 4 is 27.7 Å². The summed E-state index contributed by atoms with van der Waals surface area (Å²) in [6, 6.07) is 0. The Labute approximate surface area is 133 Å². The van der Waals surface area contributed by atoms with Crippen LogP contribution in [-0.4, -0.2) is 38.6 Å². The minimum atomic E-state index is -0.814. The SMILES string of the molecule is CCn1nc(C)c(Br)c1CN1C(=O)CNC(=O)C1(C)CC. The van der Waals surface area contributed by atoms with Crippen LogP contribution >= 0.6 is 15.9 Å². The van der Waals surface area contributed by atoms with Crippen molar-refractivity contribution < 1.29 is 9.59 Å². The lowest BCUT2D eigenvalue weighted by Gasteiger charge is -2.43. The summed E-state index contributed by atoms with van der Waals surface area (Å²) in [7, 11) is 0. The second-order valence-electron chi connectivity index (χ2n) is 5.45. The molecule has 2 heterocycles. The van der Waals surface area contributed by atoms with Gasteiger partial charge in [0.2, 0.25) is 11.8 Å². The molecule has 6 nitrogen and oxygen atoms in total. The van der Waals surface area contributed by atoms with Gasteiger partial charge >= 0.3 is 0 Å². The summed E-state index contributed by atoms with van der Waals surface area (Å²) in [4.78, 5) is 26.2. The molecule has 0 bridgehead atoms. The van der Waals surface area contributed by atoms with E-state index in [9.17, 15) is 9.59 Å². The molecule has 1 saturated heterocycles. The third kappa shape index (κ3) is 2.59. The van der Waals surface area contributed by atoms with Crippen LogP contribution in [0.1, 0.15) is 38.6 Å². The van der Waals surface area contributed by atoms with Crippen molar-refractivity contribution in [3.63, 3.8) is 0 Å². The van der Waals surface area contributed by atoms with E-state index in [2.05, 4.69) is 26.3 Å². The van der Waals surface area contributed by atoms with E-state index in [1.165, 1.54) is 0 Å². The van der Waals surface area contributed by atoms with Crippen molar-refractivity contribution in [1.82, 2.24) is 20.0 Å². The quantitative estimate of drug-likeness (QED) is 0.890. The number of hydrogen-bond donors (Lipinski definition) is 1. The minimum Gasteiger partial charge on any atom is -0.345 e. The Morgan fingerprint density at radius 1 is 1.38 bits per heavy atom. The van der Waals surface area contributed by atoms with Crippen LogP contribution in [0.15, 0.2) is 4.47 Å². The molecular formula is C14H21BrN4O2. The number of hydrogen-bond acceptors (Lipinski definition) is 3. The third-order valence-corrected chi connectivity index (χ3v) is 5.27. The summed E-state index contributed by atoms with van der Waals surface area (Å²) >= 11 is 3.54. The summed E-state index contributed by atoms with van der Waals surface area (Å²) in [5, 5.41) is 7.12. The predicted molar refractivity (Wildman–Crippen MR) is 82.6 cm³/mol. The molecule has 21 heavy (non-hydrogen) atoms. The number of rotatable bonds is 4. The number of aryl methyl sites for hydroxylation is 2. The van der Waals surface area contributed by atoms with Gasteiger partial charge in [0.25, 0.3) is 0 Å². The maximum absolute atomic E-state index is 12.3. The van der Waals surface area contributed by atoms with Crippen LogP contribution in [0.2, 0.25) is 0 Å². The summed E-state index contributed by atoms with van der Waals surface area (Å²) in [5.74, 6) is -0.160. The highest BCUT2D eigenvalue weighted by Crippen LogP contribution is 2.29. The zero-order valence-electron chi connectivity index (χ0n) is 12.9. The van der Waals surface area contributed by atoms with Crippen molar-refractivity contribution in [3.05, 3.63) is 15.9 Å². The number of piperazine rings is 1. The van der Waals surface area contributed by atoms with Gasteiger partial charge in [-0.05, 0) is 43.1 Å². The third-order valence-electron chi connectivity index (χ3n) is 4.24. The van der Waals surface area contributed by atoms with Crippen molar-refractivity contribution in [2.75, 3.05) is 6.54 Å². The molecule has 0 radical (unpaired) electrons. The molecule has 0 aromatic carbocycles. The highest BCUT2D eigenvalue weighted by atomic mass is 79.9. The van der Waals surface area contributed by atoms with Crippen molar-refractivity contribution in [2.24, 2.45) is 0 Å². The summed E-state index contributed by atoms with van der Waals surface area (Å²) < 4.78 is 2.77. The predicted octanol–water partition coefficient (Wildman–Crippen LogP) is 1.60. The first-order valence-corrected chi connectivity index (χ1v) is 7.95. The second-order valence-corrected chi connectivity index (χ2v) is 6.24. The van der Waals surface area contributed by atoms with Crippen LogP contribution in [0.4, 0.5) is 0 Å². The average molecular weight is 357 g/mol. The zero-order chi connectivity index (χ0) is 15.8. The Morgan fingerprint density at radius 3 is 2.62 bits per heavy atom. The van der Waals surface area contributed by atoms with Crippen LogP contribution < -0.4 is 5.32 Å². The lowest BCUT2D eigenvalue weighted by Crippen LogP contribution is -2.65. The van der Waals surface area contributed by atoms with Gasteiger partial charge in [-0.2, -0.15) is 5.10 Å². The molecule has 1 N–H and O–H groups in total. The Bertz CT molecular complexity index is 584. The summed E-state index contributed by atoms with van der Waals surface area (Å²) in [6.45, 7) is 8.82. The molecule has 7 heteroatoms. The van der Waals surface area contributed by atoms with Gasteiger partial charge in [-0.1, -0.05) is 6.92 Å². The molecule has 0 saturated carbocycles. The fourth-order valence-electron chi connectivity index (χ4n) is 2.62. The first-order valence-electron chi connectivity index (χ1n) is 7.15. The maximum Gasteiger partial charge on any atom is 0.246 e. The standard InChI is InChI=1S/C14H21BrN4O2/c1-5-14(4)13(21)16-7-11(20)18(14)8-10-12(15)9(3)17-19(10)6-2/h5-8H2,1-4H3,(H,16,21). The molecule has 2 amide bonds. The minimum absolute atomic E-state index is 0.0608. The van der Waals surface area contributed by atoms with E-state index in [0.29, 0.717) is 13.0 Å². The van der Waals surface area contributed by atoms with E-state index in [0.717, 1.165) is 22.4 Å². The lowest BCUT2D eigenvalue weighted by molar-refractivity contribution is -0.153. The Morgan fingerprint density at radius 2 is 2.05 bits per heavy atom. The number of nitrogens with one attached hydrogen (secondary N) is 1. The van der Waals surface area contributed by atoms with Crippen LogP contribution in [0.3, 0.4) is 0 Å². The number of nitrogens with zero attached hydrogens (tertiary/aromatic N) is 3. The Hall–Kier alpha value is -1.37. The number of carbonyl (C=O) groups excluding carboxylic acids is 2.